The third-order valence-electron chi connectivity index (χ3n) is 6.93. The molecule has 0 unspecified atom stereocenters. The topological polar surface area (TPSA) is 9.23 Å². The van der Waals surface area contributed by atoms with Gasteiger partial charge in [-0.25, -0.2) is 17.6 Å². The Morgan fingerprint density at radius 3 is 2.00 bits per heavy atom. The van der Waals surface area contributed by atoms with Gasteiger partial charge in [0, 0.05) is 6.08 Å². The minimum Gasteiger partial charge on any atom is -0.459 e. The lowest BCUT2D eigenvalue weighted by Gasteiger charge is -2.38. The molecule has 2 saturated carbocycles. The van der Waals surface area contributed by atoms with Crippen molar-refractivity contribution in [1.82, 2.24) is 0 Å². The largest absolute Gasteiger partial charge is 0.459 e. The highest BCUT2D eigenvalue weighted by Crippen LogP contribution is 2.45. The zero-order valence-corrected chi connectivity index (χ0v) is 17.2. The molecule has 5 heteroatoms. The number of allylic oxidation sites excluding steroid dienone is 1. The molecule has 0 radical (unpaired) electrons. The molecule has 2 fully saturated rings. The van der Waals surface area contributed by atoms with Crippen LogP contribution in [0, 0.1) is 29.4 Å². The Kier molecular flexibility index (Phi) is 8.02. The van der Waals surface area contributed by atoms with Crippen LogP contribution in [-0.2, 0) is 0 Å². The molecule has 0 saturated heterocycles. The highest BCUT2D eigenvalue weighted by Gasteiger charge is 2.31. The molecule has 1 nitrogen and oxygen atoms in total. The van der Waals surface area contributed by atoms with E-state index in [0.29, 0.717) is 17.9 Å². The molecule has 0 N–H and O–H groups in total. The first kappa shape index (κ1) is 22.2. The number of alkyl halides is 2. The average Bonchev–Trinajstić information content (AvgIpc) is 2.71. The van der Waals surface area contributed by atoms with Gasteiger partial charge in [-0.3, -0.25) is 0 Å². The summed E-state index contributed by atoms with van der Waals surface area (Å²) >= 11 is 0. The van der Waals surface area contributed by atoms with E-state index in [1.807, 2.05) is 0 Å². The minimum atomic E-state index is -2.72. The van der Waals surface area contributed by atoms with Crippen LogP contribution in [0.1, 0.15) is 82.6 Å². The number of hydrogen-bond donors (Lipinski definition) is 0. The fourth-order valence-electron chi connectivity index (χ4n) is 5.37. The van der Waals surface area contributed by atoms with Crippen LogP contribution in [0.5, 0.6) is 5.75 Å². The SMILES string of the molecule is CCCC1CCC(C2CCC(c3cc(F)c(O/C=C/C(F)F)c(F)c3)CC2)CC1. The molecule has 1 aromatic carbocycles. The van der Waals surface area contributed by atoms with E-state index in [1.54, 1.807) is 0 Å². The molecule has 29 heavy (non-hydrogen) atoms. The van der Waals surface area contributed by atoms with E-state index in [4.69, 9.17) is 4.74 Å². The van der Waals surface area contributed by atoms with Crippen LogP contribution in [0.3, 0.4) is 0 Å². The van der Waals surface area contributed by atoms with E-state index in [0.717, 1.165) is 43.4 Å². The Hall–Kier alpha value is -1.52. The van der Waals surface area contributed by atoms with Crippen molar-refractivity contribution in [2.24, 2.45) is 17.8 Å². The summed E-state index contributed by atoms with van der Waals surface area (Å²) in [7, 11) is 0. The molecule has 2 aliphatic rings. The van der Waals surface area contributed by atoms with Crippen molar-refractivity contribution in [1.29, 1.82) is 0 Å². The van der Waals surface area contributed by atoms with Crippen LogP contribution < -0.4 is 4.74 Å². The van der Waals surface area contributed by atoms with Crippen molar-refractivity contribution in [2.75, 3.05) is 0 Å². The van der Waals surface area contributed by atoms with E-state index in [-0.39, 0.29) is 5.92 Å². The van der Waals surface area contributed by atoms with Crippen LogP contribution in [0.25, 0.3) is 0 Å². The molecule has 0 aliphatic heterocycles. The summed E-state index contributed by atoms with van der Waals surface area (Å²) in [6, 6.07) is 2.60. The molecule has 3 rings (SSSR count). The second-order valence-corrected chi connectivity index (χ2v) is 8.78. The molecular weight excluding hydrogens is 380 g/mol. The van der Waals surface area contributed by atoms with Crippen molar-refractivity contribution >= 4 is 0 Å². The standard InChI is InChI=1S/C24H32F4O/c1-2-3-16-4-6-17(7-5-16)18-8-10-19(11-9-18)20-14-21(25)24(22(26)15-20)29-13-12-23(27)28/h12-19,23H,2-11H2,1H3/b13-12+. The Morgan fingerprint density at radius 1 is 0.931 bits per heavy atom. The van der Waals surface area contributed by atoms with Crippen molar-refractivity contribution < 1.29 is 22.3 Å². The summed E-state index contributed by atoms with van der Waals surface area (Å²) in [5, 5.41) is 0. The molecule has 0 heterocycles. The number of hydrogen-bond acceptors (Lipinski definition) is 1. The van der Waals surface area contributed by atoms with E-state index in [9.17, 15) is 17.6 Å². The van der Waals surface area contributed by atoms with Gasteiger partial charge in [-0.1, -0.05) is 32.6 Å². The predicted octanol–water partition coefficient (Wildman–Crippen LogP) is 8.00. The monoisotopic (exact) mass is 412 g/mol. The maximum absolute atomic E-state index is 14.3. The molecule has 0 aromatic heterocycles. The van der Waals surface area contributed by atoms with E-state index < -0.39 is 23.8 Å². The number of halogens is 4. The highest BCUT2D eigenvalue weighted by atomic mass is 19.3. The molecule has 162 valence electrons. The summed E-state index contributed by atoms with van der Waals surface area (Å²) in [6.07, 6.45) is 10.5. The Balaban J connectivity index is 1.54. The molecule has 0 atom stereocenters. The van der Waals surface area contributed by atoms with Gasteiger partial charge in [0.1, 0.15) is 0 Å². The van der Waals surface area contributed by atoms with Gasteiger partial charge in [0.25, 0.3) is 6.43 Å². The van der Waals surface area contributed by atoms with Crippen molar-refractivity contribution in [3.8, 4) is 5.75 Å². The van der Waals surface area contributed by atoms with Crippen molar-refractivity contribution in [2.45, 2.75) is 83.5 Å². The molecule has 0 amide bonds. The Labute approximate surface area is 171 Å². The predicted molar refractivity (Wildman–Crippen MR) is 107 cm³/mol. The van der Waals surface area contributed by atoms with Crippen LogP contribution >= 0.6 is 0 Å². The Bertz CT molecular complexity index is 648. The summed E-state index contributed by atoms with van der Waals surface area (Å²) < 4.78 is 57.5. The first-order chi connectivity index (χ1) is 14.0. The minimum absolute atomic E-state index is 0.150. The number of benzene rings is 1. The zero-order chi connectivity index (χ0) is 20.8. The molecule has 0 spiro atoms. The van der Waals surface area contributed by atoms with Gasteiger partial charge in [0.2, 0.25) is 0 Å². The smallest absolute Gasteiger partial charge is 0.260 e. The third-order valence-corrected chi connectivity index (χ3v) is 6.93. The van der Waals surface area contributed by atoms with E-state index >= 15 is 0 Å². The van der Waals surface area contributed by atoms with Crippen molar-refractivity contribution in [3.05, 3.63) is 41.7 Å². The van der Waals surface area contributed by atoms with Gasteiger partial charge in [-0.15, -0.1) is 0 Å². The number of ether oxygens (including phenoxy) is 1. The van der Waals surface area contributed by atoms with Crippen molar-refractivity contribution in [3.63, 3.8) is 0 Å². The average molecular weight is 413 g/mol. The highest BCUT2D eigenvalue weighted by molar-refractivity contribution is 5.34. The van der Waals surface area contributed by atoms with Gasteiger partial charge >= 0.3 is 0 Å². The van der Waals surface area contributed by atoms with E-state index in [2.05, 4.69) is 6.92 Å². The Morgan fingerprint density at radius 2 is 1.48 bits per heavy atom. The lowest BCUT2D eigenvalue weighted by atomic mass is 9.68. The quantitative estimate of drug-likeness (QED) is 0.326. The van der Waals surface area contributed by atoms with Gasteiger partial charge in [0.05, 0.1) is 6.26 Å². The summed E-state index contributed by atoms with van der Waals surface area (Å²) in [5.41, 5.74) is 0.648. The maximum Gasteiger partial charge on any atom is 0.260 e. The number of rotatable bonds is 7. The summed E-state index contributed by atoms with van der Waals surface area (Å²) in [4.78, 5) is 0. The fourth-order valence-corrected chi connectivity index (χ4v) is 5.37. The zero-order valence-electron chi connectivity index (χ0n) is 17.2. The lowest BCUT2D eigenvalue weighted by Crippen LogP contribution is -2.25. The van der Waals surface area contributed by atoms with Crippen LogP contribution in [-0.4, -0.2) is 6.43 Å². The first-order valence-corrected chi connectivity index (χ1v) is 11.1. The second-order valence-electron chi connectivity index (χ2n) is 8.78. The molecule has 2 aliphatic carbocycles. The molecule has 0 bridgehead atoms. The fraction of sp³-hybridized carbons (Fsp3) is 0.667. The maximum atomic E-state index is 14.3. The van der Waals surface area contributed by atoms with Gasteiger partial charge in [-0.05, 0) is 79.9 Å². The van der Waals surface area contributed by atoms with Gasteiger partial charge in [-0.2, -0.15) is 0 Å². The first-order valence-electron chi connectivity index (χ1n) is 11.1. The van der Waals surface area contributed by atoms with Crippen LogP contribution in [0.15, 0.2) is 24.5 Å². The second kappa shape index (κ2) is 10.5. The van der Waals surface area contributed by atoms with E-state index in [1.165, 1.54) is 50.7 Å². The summed E-state index contributed by atoms with van der Waals surface area (Å²) in [5.74, 6) is 0.321. The van der Waals surface area contributed by atoms with Crippen LogP contribution in [0.4, 0.5) is 17.6 Å². The normalized spacial score (nSPS) is 28.2. The summed E-state index contributed by atoms with van der Waals surface area (Å²) in [6.45, 7) is 2.26. The van der Waals surface area contributed by atoms with Gasteiger partial charge in [0.15, 0.2) is 17.4 Å². The molecule has 1 aromatic rings. The van der Waals surface area contributed by atoms with Crippen LogP contribution in [0.2, 0.25) is 0 Å². The third kappa shape index (κ3) is 5.99. The molecular formula is C24H32F4O. The lowest BCUT2D eigenvalue weighted by molar-refractivity contribution is 0.156. The van der Waals surface area contributed by atoms with Gasteiger partial charge < -0.3 is 4.74 Å².